The van der Waals surface area contributed by atoms with Crippen LogP contribution in [0.1, 0.15) is 6.42 Å². The monoisotopic (exact) mass is 249 g/mol. The minimum Gasteiger partial charge on any atom is -0.258 e. The quantitative estimate of drug-likeness (QED) is 0.264. The van der Waals surface area contributed by atoms with E-state index in [2.05, 4.69) is 0 Å². The van der Waals surface area contributed by atoms with Crippen LogP contribution in [0, 0.1) is 15.9 Å². The second-order valence-electron chi connectivity index (χ2n) is 2.76. The van der Waals surface area contributed by atoms with Crippen LogP contribution in [0.3, 0.4) is 0 Å². The number of alkyl halides is 1. The SMILES string of the molecule is O=[N+]([O-])c1ccc(F)cc1SCCCCl. The number of nitro groups is 1. The fourth-order valence-corrected chi connectivity index (χ4v) is 2.28. The zero-order valence-electron chi connectivity index (χ0n) is 7.78. The molecule has 3 nitrogen and oxygen atoms in total. The van der Waals surface area contributed by atoms with Crippen molar-refractivity contribution in [3.05, 3.63) is 34.1 Å². The van der Waals surface area contributed by atoms with Gasteiger partial charge in [0, 0.05) is 11.9 Å². The third-order valence-corrected chi connectivity index (χ3v) is 3.05. The zero-order chi connectivity index (χ0) is 11.3. The van der Waals surface area contributed by atoms with E-state index < -0.39 is 10.7 Å². The molecule has 0 radical (unpaired) electrons. The average molecular weight is 250 g/mol. The number of nitro benzene ring substituents is 1. The van der Waals surface area contributed by atoms with Crippen molar-refractivity contribution in [2.75, 3.05) is 11.6 Å². The lowest BCUT2D eigenvalue weighted by Gasteiger charge is -2.01. The minimum atomic E-state index is -0.511. The largest absolute Gasteiger partial charge is 0.283 e. The number of thioether (sulfide) groups is 1. The lowest BCUT2D eigenvalue weighted by molar-refractivity contribution is -0.387. The summed E-state index contributed by atoms with van der Waals surface area (Å²) in [6.07, 6.45) is 0.736. The van der Waals surface area contributed by atoms with Gasteiger partial charge in [0.2, 0.25) is 0 Å². The van der Waals surface area contributed by atoms with E-state index >= 15 is 0 Å². The summed E-state index contributed by atoms with van der Waals surface area (Å²) in [5.74, 6) is 0.679. The lowest BCUT2D eigenvalue weighted by atomic mass is 10.3. The van der Waals surface area contributed by atoms with Crippen molar-refractivity contribution in [1.29, 1.82) is 0 Å². The first-order valence-electron chi connectivity index (χ1n) is 4.28. The molecule has 15 heavy (non-hydrogen) atoms. The molecule has 0 bridgehead atoms. The van der Waals surface area contributed by atoms with E-state index in [9.17, 15) is 14.5 Å². The summed E-state index contributed by atoms with van der Waals surface area (Å²) in [5.41, 5.74) is -0.0593. The van der Waals surface area contributed by atoms with Gasteiger partial charge in [0.05, 0.1) is 9.82 Å². The molecule has 82 valence electrons. The fraction of sp³-hybridized carbons (Fsp3) is 0.333. The average Bonchev–Trinajstić information content (AvgIpc) is 2.18. The van der Waals surface area contributed by atoms with Crippen molar-refractivity contribution in [2.24, 2.45) is 0 Å². The van der Waals surface area contributed by atoms with Gasteiger partial charge in [-0.2, -0.15) is 0 Å². The summed E-state index contributed by atoms with van der Waals surface area (Å²) in [7, 11) is 0. The Balaban J connectivity index is 2.82. The maximum atomic E-state index is 12.9. The van der Waals surface area contributed by atoms with Crippen LogP contribution in [0.4, 0.5) is 10.1 Å². The molecule has 0 N–H and O–H groups in total. The Kier molecular flexibility index (Phi) is 4.84. The Morgan fingerprint density at radius 3 is 2.87 bits per heavy atom. The van der Waals surface area contributed by atoms with E-state index in [1.807, 2.05) is 0 Å². The van der Waals surface area contributed by atoms with Crippen LogP contribution in [0.25, 0.3) is 0 Å². The molecule has 1 aromatic carbocycles. The minimum absolute atomic E-state index is 0.0593. The molecule has 0 saturated heterocycles. The molecule has 0 aromatic heterocycles. The van der Waals surface area contributed by atoms with Gasteiger partial charge in [-0.15, -0.1) is 23.4 Å². The van der Waals surface area contributed by atoms with E-state index in [0.717, 1.165) is 12.5 Å². The maximum Gasteiger partial charge on any atom is 0.283 e. The number of halogens is 2. The summed E-state index contributed by atoms with van der Waals surface area (Å²) < 4.78 is 12.9. The predicted molar refractivity (Wildman–Crippen MR) is 59.1 cm³/mol. The highest BCUT2D eigenvalue weighted by Gasteiger charge is 2.14. The van der Waals surface area contributed by atoms with Crippen molar-refractivity contribution in [3.8, 4) is 0 Å². The topological polar surface area (TPSA) is 43.1 Å². The highest BCUT2D eigenvalue weighted by Crippen LogP contribution is 2.30. The van der Waals surface area contributed by atoms with Gasteiger partial charge >= 0.3 is 0 Å². The fourth-order valence-electron chi connectivity index (χ4n) is 0.991. The molecule has 1 rings (SSSR count). The van der Waals surface area contributed by atoms with Crippen molar-refractivity contribution >= 4 is 29.1 Å². The molecular weight excluding hydrogens is 241 g/mol. The van der Waals surface area contributed by atoms with Gasteiger partial charge in [-0.05, 0) is 24.3 Å². The van der Waals surface area contributed by atoms with E-state index in [1.54, 1.807) is 0 Å². The second kappa shape index (κ2) is 5.92. The highest BCUT2D eigenvalue weighted by atomic mass is 35.5. The van der Waals surface area contributed by atoms with Crippen LogP contribution in [0.5, 0.6) is 0 Å². The second-order valence-corrected chi connectivity index (χ2v) is 4.27. The van der Waals surface area contributed by atoms with Crippen LogP contribution < -0.4 is 0 Å². The Morgan fingerprint density at radius 2 is 2.27 bits per heavy atom. The third-order valence-electron chi connectivity index (χ3n) is 1.65. The molecule has 1 aromatic rings. The molecule has 0 saturated carbocycles. The smallest absolute Gasteiger partial charge is 0.258 e. The summed E-state index contributed by atoms with van der Waals surface area (Å²) >= 11 is 6.73. The van der Waals surface area contributed by atoms with E-state index in [1.165, 1.54) is 23.9 Å². The molecule has 0 fully saturated rings. The molecule has 0 aliphatic heterocycles. The normalized spacial score (nSPS) is 10.3. The zero-order valence-corrected chi connectivity index (χ0v) is 9.35. The maximum absolute atomic E-state index is 12.9. The highest BCUT2D eigenvalue weighted by molar-refractivity contribution is 7.99. The first-order chi connectivity index (χ1) is 7.15. The summed E-state index contributed by atoms with van der Waals surface area (Å²) in [5, 5.41) is 10.6. The first kappa shape index (κ1) is 12.3. The van der Waals surface area contributed by atoms with Crippen LogP contribution in [-0.4, -0.2) is 16.6 Å². The number of nitrogens with zero attached hydrogens (tertiary/aromatic N) is 1. The molecule has 0 spiro atoms. The van der Waals surface area contributed by atoms with Crippen molar-refractivity contribution in [1.82, 2.24) is 0 Å². The molecule has 0 unspecified atom stereocenters. The van der Waals surface area contributed by atoms with Crippen molar-refractivity contribution in [3.63, 3.8) is 0 Å². The Bertz CT molecular complexity index is 362. The van der Waals surface area contributed by atoms with Gasteiger partial charge in [-0.1, -0.05) is 0 Å². The predicted octanol–water partition coefficient (Wildman–Crippen LogP) is 3.45. The van der Waals surface area contributed by atoms with Gasteiger partial charge < -0.3 is 0 Å². The van der Waals surface area contributed by atoms with Gasteiger partial charge in [-0.3, -0.25) is 10.1 Å². The van der Waals surface area contributed by atoms with Crippen molar-refractivity contribution in [2.45, 2.75) is 11.3 Å². The molecular formula is C9H9ClFNO2S. The van der Waals surface area contributed by atoms with Gasteiger partial charge in [0.15, 0.2) is 0 Å². The number of rotatable bonds is 5. The summed E-state index contributed by atoms with van der Waals surface area (Å²) in [6, 6.07) is 3.44. The first-order valence-corrected chi connectivity index (χ1v) is 5.80. The van der Waals surface area contributed by atoms with Crippen LogP contribution in [0.15, 0.2) is 23.1 Å². The Hall–Kier alpha value is -0.810. The van der Waals surface area contributed by atoms with E-state index in [4.69, 9.17) is 11.6 Å². The molecule has 0 heterocycles. The van der Waals surface area contributed by atoms with Gasteiger partial charge in [-0.25, -0.2) is 4.39 Å². The Labute approximate surface area is 95.8 Å². The summed E-state index contributed by atoms with van der Waals surface area (Å²) in [6.45, 7) is 0. The van der Waals surface area contributed by atoms with E-state index in [-0.39, 0.29) is 5.69 Å². The third kappa shape index (κ3) is 3.68. The number of hydrogen-bond acceptors (Lipinski definition) is 3. The van der Waals surface area contributed by atoms with Gasteiger partial charge in [0.25, 0.3) is 5.69 Å². The van der Waals surface area contributed by atoms with Crippen molar-refractivity contribution < 1.29 is 9.31 Å². The van der Waals surface area contributed by atoms with Crippen LogP contribution in [0.2, 0.25) is 0 Å². The number of hydrogen-bond donors (Lipinski definition) is 0. The number of benzene rings is 1. The molecule has 0 atom stereocenters. The molecule has 6 heteroatoms. The standard InChI is InChI=1S/C9H9ClFNO2S/c10-4-1-5-15-9-6-7(11)2-3-8(9)12(13)14/h2-3,6H,1,4-5H2. The lowest BCUT2D eigenvalue weighted by Crippen LogP contribution is -1.92. The molecule has 0 aliphatic carbocycles. The summed E-state index contributed by atoms with van der Waals surface area (Å²) in [4.78, 5) is 10.4. The molecule has 0 amide bonds. The molecule has 0 aliphatic rings. The van der Waals surface area contributed by atoms with Gasteiger partial charge in [0.1, 0.15) is 5.82 Å². The van der Waals surface area contributed by atoms with E-state index in [0.29, 0.717) is 16.5 Å². The van der Waals surface area contributed by atoms with Crippen LogP contribution in [-0.2, 0) is 0 Å². The van der Waals surface area contributed by atoms with Crippen LogP contribution >= 0.6 is 23.4 Å². The Morgan fingerprint density at radius 1 is 1.53 bits per heavy atom.